The maximum atomic E-state index is 11.7. The number of hydrogen-bond acceptors (Lipinski definition) is 5. The molecule has 0 fully saturated rings. The Balaban J connectivity index is 1.96. The molecule has 1 aromatic carbocycles. The first-order chi connectivity index (χ1) is 9.58. The van der Waals surface area contributed by atoms with Gasteiger partial charge in [0.15, 0.2) is 0 Å². The van der Waals surface area contributed by atoms with Crippen LogP contribution in [-0.2, 0) is 11.3 Å². The molecular weight excluding hydrogens is 256 g/mol. The third-order valence-corrected chi connectivity index (χ3v) is 2.93. The van der Waals surface area contributed by atoms with E-state index in [1.54, 1.807) is 0 Å². The molecule has 106 valence electrons. The van der Waals surface area contributed by atoms with Crippen LogP contribution < -0.4 is 11.1 Å². The lowest BCUT2D eigenvalue weighted by Crippen LogP contribution is -2.43. The molecule has 3 N–H and O–H groups in total. The largest absolute Gasteiger partial charge is 0.346 e. The van der Waals surface area contributed by atoms with E-state index in [-0.39, 0.29) is 18.4 Å². The molecule has 0 saturated carbocycles. The van der Waals surface area contributed by atoms with Gasteiger partial charge < -0.3 is 15.6 Å². The van der Waals surface area contributed by atoms with Gasteiger partial charge in [0.05, 0.1) is 12.6 Å². The number of rotatable bonds is 5. The highest BCUT2D eigenvalue weighted by atomic mass is 16.5. The van der Waals surface area contributed by atoms with E-state index >= 15 is 0 Å². The zero-order valence-corrected chi connectivity index (χ0v) is 11.5. The Morgan fingerprint density at radius 2 is 2.05 bits per heavy atom. The fourth-order valence-electron chi connectivity index (χ4n) is 1.61. The molecule has 1 atom stereocenters. The van der Waals surface area contributed by atoms with Crippen LogP contribution in [0.15, 0.2) is 34.9 Å². The first-order valence-electron chi connectivity index (χ1n) is 6.49. The fraction of sp³-hybridized carbons (Fsp3) is 0.357. The Morgan fingerprint density at radius 1 is 1.35 bits per heavy atom. The quantitative estimate of drug-likeness (QED) is 0.858. The summed E-state index contributed by atoms with van der Waals surface area (Å²) in [6.07, 6.45) is 0. The summed E-state index contributed by atoms with van der Waals surface area (Å²) in [5.41, 5.74) is 6.61. The average Bonchev–Trinajstić information content (AvgIpc) is 2.93. The Kier molecular flexibility index (Phi) is 4.47. The van der Waals surface area contributed by atoms with Crippen LogP contribution in [0.4, 0.5) is 0 Å². The van der Waals surface area contributed by atoms with Crippen LogP contribution in [0, 0.1) is 5.92 Å². The number of amides is 1. The third-order valence-electron chi connectivity index (χ3n) is 2.93. The molecule has 1 amide bonds. The molecule has 20 heavy (non-hydrogen) atoms. The summed E-state index contributed by atoms with van der Waals surface area (Å²) in [4.78, 5) is 15.9. The lowest BCUT2D eigenvalue weighted by molar-refractivity contribution is -0.123. The van der Waals surface area contributed by atoms with Gasteiger partial charge in [0.1, 0.15) is 0 Å². The zero-order chi connectivity index (χ0) is 14.5. The first kappa shape index (κ1) is 14.2. The van der Waals surface area contributed by atoms with E-state index < -0.39 is 6.04 Å². The molecule has 0 aliphatic carbocycles. The number of carbonyl (C=O) groups is 1. The third kappa shape index (κ3) is 3.42. The van der Waals surface area contributed by atoms with Crippen molar-refractivity contribution >= 4 is 5.91 Å². The minimum absolute atomic E-state index is 0.0811. The lowest BCUT2D eigenvalue weighted by atomic mass is 10.1. The number of nitrogens with one attached hydrogen (secondary N) is 1. The van der Waals surface area contributed by atoms with Crippen molar-refractivity contribution in [3.63, 3.8) is 0 Å². The monoisotopic (exact) mass is 274 g/mol. The lowest BCUT2D eigenvalue weighted by Gasteiger charge is -2.14. The van der Waals surface area contributed by atoms with Crippen LogP contribution in [-0.4, -0.2) is 22.1 Å². The molecule has 2 rings (SSSR count). The smallest absolute Gasteiger partial charge is 0.246 e. The summed E-state index contributed by atoms with van der Waals surface area (Å²) in [5, 5.41) is 6.56. The highest BCUT2D eigenvalue weighted by Crippen LogP contribution is 2.14. The van der Waals surface area contributed by atoms with Crippen molar-refractivity contribution in [3.05, 3.63) is 36.2 Å². The van der Waals surface area contributed by atoms with E-state index in [2.05, 4.69) is 15.5 Å². The van der Waals surface area contributed by atoms with Gasteiger partial charge >= 0.3 is 0 Å². The molecule has 0 radical (unpaired) electrons. The van der Waals surface area contributed by atoms with E-state index in [0.29, 0.717) is 11.7 Å². The topological polar surface area (TPSA) is 94.0 Å². The van der Waals surface area contributed by atoms with Crippen molar-refractivity contribution in [2.75, 3.05) is 0 Å². The number of carbonyl (C=O) groups excluding carboxylic acids is 1. The highest BCUT2D eigenvalue weighted by Gasteiger charge is 2.17. The molecule has 2 aromatic rings. The minimum atomic E-state index is -0.536. The minimum Gasteiger partial charge on any atom is -0.346 e. The van der Waals surface area contributed by atoms with Gasteiger partial charge in [-0.25, -0.2) is 0 Å². The first-order valence-corrected chi connectivity index (χ1v) is 6.49. The standard InChI is InChI=1S/C14H18N4O2/c1-9(2)12(15)14(19)16-8-11-17-13(18-20-11)10-6-4-3-5-7-10/h3-7,9,12H,8,15H2,1-2H3,(H,16,19)/t12-/m0/s1. The van der Waals surface area contributed by atoms with E-state index in [1.807, 2.05) is 44.2 Å². The number of benzene rings is 1. The van der Waals surface area contributed by atoms with E-state index in [9.17, 15) is 4.79 Å². The van der Waals surface area contributed by atoms with Gasteiger partial charge in [0, 0.05) is 5.56 Å². The molecular formula is C14H18N4O2. The number of aromatic nitrogens is 2. The summed E-state index contributed by atoms with van der Waals surface area (Å²) in [7, 11) is 0. The molecule has 1 aromatic heterocycles. The Labute approximate surface area is 117 Å². The molecule has 0 unspecified atom stereocenters. The second-order valence-corrected chi connectivity index (χ2v) is 4.87. The van der Waals surface area contributed by atoms with Crippen LogP contribution in [0.5, 0.6) is 0 Å². The molecule has 0 spiro atoms. The normalized spacial score (nSPS) is 12.4. The van der Waals surface area contributed by atoms with Gasteiger partial charge in [-0.1, -0.05) is 49.3 Å². The van der Waals surface area contributed by atoms with Gasteiger partial charge in [-0.3, -0.25) is 4.79 Å². The molecule has 0 saturated heterocycles. The summed E-state index contributed by atoms with van der Waals surface area (Å²) in [6, 6.07) is 8.96. The zero-order valence-electron chi connectivity index (χ0n) is 11.5. The van der Waals surface area contributed by atoms with Gasteiger partial charge in [-0.2, -0.15) is 4.98 Å². The summed E-state index contributed by atoms with van der Waals surface area (Å²) < 4.78 is 5.09. The van der Waals surface area contributed by atoms with Crippen molar-refractivity contribution in [3.8, 4) is 11.4 Å². The van der Waals surface area contributed by atoms with Crippen LogP contribution in [0.3, 0.4) is 0 Å². The maximum Gasteiger partial charge on any atom is 0.246 e. The van der Waals surface area contributed by atoms with Crippen molar-refractivity contribution < 1.29 is 9.32 Å². The fourth-order valence-corrected chi connectivity index (χ4v) is 1.61. The molecule has 0 aliphatic rings. The number of hydrogen-bond donors (Lipinski definition) is 2. The van der Waals surface area contributed by atoms with Crippen molar-refractivity contribution in [1.82, 2.24) is 15.5 Å². The molecule has 1 heterocycles. The second-order valence-electron chi connectivity index (χ2n) is 4.87. The summed E-state index contributed by atoms with van der Waals surface area (Å²) in [6.45, 7) is 3.97. The van der Waals surface area contributed by atoms with E-state index in [4.69, 9.17) is 10.3 Å². The van der Waals surface area contributed by atoms with Gasteiger partial charge in [0.25, 0.3) is 0 Å². The highest BCUT2D eigenvalue weighted by molar-refractivity contribution is 5.81. The summed E-state index contributed by atoms with van der Waals surface area (Å²) >= 11 is 0. The van der Waals surface area contributed by atoms with Crippen LogP contribution in [0.25, 0.3) is 11.4 Å². The second kappa shape index (κ2) is 6.29. The number of nitrogens with two attached hydrogens (primary N) is 1. The Hall–Kier alpha value is -2.21. The van der Waals surface area contributed by atoms with E-state index in [0.717, 1.165) is 5.56 Å². The van der Waals surface area contributed by atoms with E-state index in [1.165, 1.54) is 0 Å². The maximum absolute atomic E-state index is 11.7. The molecule has 0 aliphatic heterocycles. The van der Waals surface area contributed by atoms with Crippen molar-refractivity contribution in [2.45, 2.75) is 26.4 Å². The predicted octanol–water partition coefficient (Wildman–Crippen LogP) is 1.34. The van der Waals surface area contributed by atoms with Crippen LogP contribution in [0.2, 0.25) is 0 Å². The molecule has 6 heteroatoms. The molecule has 0 bridgehead atoms. The van der Waals surface area contributed by atoms with Gasteiger partial charge in [0.2, 0.25) is 17.6 Å². The molecule has 6 nitrogen and oxygen atoms in total. The Morgan fingerprint density at radius 3 is 2.70 bits per heavy atom. The van der Waals surface area contributed by atoms with Crippen molar-refractivity contribution in [2.24, 2.45) is 11.7 Å². The van der Waals surface area contributed by atoms with Gasteiger partial charge in [-0.15, -0.1) is 0 Å². The van der Waals surface area contributed by atoms with Crippen LogP contribution in [0.1, 0.15) is 19.7 Å². The van der Waals surface area contributed by atoms with Crippen molar-refractivity contribution in [1.29, 1.82) is 0 Å². The average molecular weight is 274 g/mol. The predicted molar refractivity (Wildman–Crippen MR) is 74.4 cm³/mol. The van der Waals surface area contributed by atoms with Crippen LogP contribution >= 0.6 is 0 Å². The Bertz CT molecular complexity index is 566. The number of nitrogens with zero attached hydrogens (tertiary/aromatic N) is 2. The van der Waals surface area contributed by atoms with Gasteiger partial charge in [-0.05, 0) is 5.92 Å². The SMILES string of the molecule is CC(C)[C@H](N)C(=O)NCc1nc(-c2ccccc2)no1. The summed E-state index contributed by atoms with van der Waals surface area (Å²) in [5.74, 6) is 0.716.